The quantitative estimate of drug-likeness (QED) is 0.889. The molecule has 0 bridgehead atoms. The van der Waals surface area contributed by atoms with Crippen molar-refractivity contribution in [1.29, 1.82) is 0 Å². The lowest BCUT2D eigenvalue weighted by atomic mass is 9.86. The van der Waals surface area contributed by atoms with E-state index >= 15 is 0 Å². The molecule has 0 amide bonds. The van der Waals surface area contributed by atoms with Gasteiger partial charge in [-0.05, 0) is 37.8 Å². The van der Waals surface area contributed by atoms with Crippen LogP contribution in [-0.4, -0.2) is 26.2 Å². The van der Waals surface area contributed by atoms with Crippen LogP contribution in [-0.2, 0) is 10.0 Å². The fourth-order valence-electron chi connectivity index (χ4n) is 2.40. The number of aliphatic hydroxyl groups excluding tert-OH is 1. The first kappa shape index (κ1) is 14.0. The molecule has 1 aromatic heterocycles. The lowest BCUT2D eigenvalue weighted by molar-refractivity contribution is 0.164. The van der Waals surface area contributed by atoms with Crippen molar-refractivity contribution in [2.24, 2.45) is 5.92 Å². The van der Waals surface area contributed by atoms with Crippen LogP contribution >= 0.6 is 11.3 Å². The highest BCUT2D eigenvalue weighted by Crippen LogP contribution is 2.27. The highest BCUT2D eigenvalue weighted by atomic mass is 32.2. The molecule has 2 atom stereocenters. The molecule has 0 aromatic carbocycles. The van der Waals surface area contributed by atoms with Gasteiger partial charge < -0.3 is 5.11 Å². The smallest absolute Gasteiger partial charge is 0.250 e. The average Bonchev–Trinajstić information content (AvgIpc) is 2.77. The minimum atomic E-state index is -3.42. The number of aliphatic hydroxyl groups is 1. The highest BCUT2D eigenvalue weighted by Gasteiger charge is 2.29. The third-order valence-electron chi connectivity index (χ3n) is 3.43. The van der Waals surface area contributed by atoms with E-state index in [0.29, 0.717) is 4.21 Å². The second-order valence-electron chi connectivity index (χ2n) is 4.82. The maximum atomic E-state index is 12.2. The molecule has 102 valence electrons. The molecule has 2 unspecified atom stereocenters. The van der Waals surface area contributed by atoms with Crippen molar-refractivity contribution in [3.05, 3.63) is 17.0 Å². The van der Waals surface area contributed by atoms with Crippen molar-refractivity contribution >= 4 is 21.4 Å². The summed E-state index contributed by atoms with van der Waals surface area (Å²) < 4.78 is 27.5. The highest BCUT2D eigenvalue weighted by molar-refractivity contribution is 7.91. The van der Waals surface area contributed by atoms with Crippen molar-refractivity contribution in [3.63, 3.8) is 0 Å². The fourth-order valence-corrected chi connectivity index (χ4v) is 5.03. The Labute approximate surface area is 112 Å². The second-order valence-corrected chi connectivity index (χ2v) is 8.05. The van der Waals surface area contributed by atoms with E-state index in [1.165, 1.54) is 11.3 Å². The molecule has 2 N–H and O–H groups in total. The predicted octanol–water partition coefficient (Wildman–Crippen LogP) is 1.89. The molecule has 4 nitrogen and oxygen atoms in total. The number of aryl methyl sites for hydroxylation is 1. The van der Waals surface area contributed by atoms with Crippen LogP contribution in [0, 0.1) is 12.8 Å². The van der Waals surface area contributed by atoms with Gasteiger partial charge in [0.15, 0.2) is 0 Å². The summed E-state index contributed by atoms with van der Waals surface area (Å²) >= 11 is 1.28. The van der Waals surface area contributed by atoms with E-state index in [2.05, 4.69) is 4.72 Å². The Morgan fingerprint density at radius 3 is 2.72 bits per heavy atom. The largest absolute Gasteiger partial charge is 0.396 e. The summed E-state index contributed by atoms with van der Waals surface area (Å²) in [4.78, 5) is 0.984. The van der Waals surface area contributed by atoms with Gasteiger partial charge in [0.1, 0.15) is 4.21 Å². The van der Waals surface area contributed by atoms with Crippen LogP contribution in [0.4, 0.5) is 0 Å². The third kappa shape index (κ3) is 3.12. The van der Waals surface area contributed by atoms with E-state index in [-0.39, 0.29) is 18.6 Å². The van der Waals surface area contributed by atoms with Gasteiger partial charge in [-0.3, -0.25) is 0 Å². The van der Waals surface area contributed by atoms with Crippen LogP contribution in [0.1, 0.15) is 30.6 Å². The summed E-state index contributed by atoms with van der Waals surface area (Å²) in [5, 5.41) is 9.30. The summed E-state index contributed by atoms with van der Waals surface area (Å²) in [5.74, 6) is 0.0505. The first-order chi connectivity index (χ1) is 8.53. The number of hydrogen-bond donors (Lipinski definition) is 2. The van der Waals surface area contributed by atoms with E-state index in [4.69, 9.17) is 0 Å². The minimum Gasteiger partial charge on any atom is -0.396 e. The van der Waals surface area contributed by atoms with Crippen LogP contribution in [0.15, 0.2) is 16.3 Å². The van der Waals surface area contributed by atoms with E-state index in [0.717, 1.165) is 30.6 Å². The van der Waals surface area contributed by atoms with E-state index in [1.807, 2.05) is 13.0 Å². The van der Waals surface area contributed by atoms with Gasteiger partial charge in [-0.1, -0.05) is 12.8 Å². The van der Waals surface area contributed by atoms with Crippen LogP contribution in [0.3, 0.4) is 0 Å². The van der Waals surface area contributed by atoms with Gasteiger partial charge in [-0.2, -0.15) is 0 Å². The Kier molecular flexibility index (Phi) is 4.42. The van der Waals surface area contributed by atoms with Gasteiger partial charge in [0.2, 0.25) is 10.0 Å². The van der Waals surface area contributed by atoms with Crippen molar-refractivity contribution < 1.29 is 13.5 Å². The molecule has 1 aliphatic carbocycles. The van der Waals surface area contributed by atoms with Crippen LogP contribution in [0.5, 0.6) is 0 Å². The lowest BCUT2D eigenvalue weighted by Gasteiger charge is -2.30. The zero-order chi connectivity index (χ0) is 13.2. The SMILES string of the molecule is Cc1ccc(S(=O)(=O)NC2CCCCC2CO)s1. The maximum Gasteiger partial charge on any atom is 0.250 e. The van der Waals surface area contributed by atoms with Gasteiger partial charge >= 0.3 is 0 Å². The Morgan fingerprint density at radius 2 is 2.11 bits per heavy atom. The first-order valence-corrected chi connectivity index (χ1v) is 8.52. The van der Waals surface area contributed by atoms with E-state index in [9.17, 15) is 13.5 Å². The molecule has 0 radical (unpaired) electrons. The molecule has 2 rings (SSSR count). The first-order valence-electron chi connectivity index (χ1n) is 6.22. The molecule has 0 aliphatic heterocycles. The zero-order valence-electron chi connectivity index (χ0n) is 10.4. The molecule has 6 heteroatoms. The summed E-state index contributed by atoms with van der Waals surface area (Å²) in [6.07, 6.45) is 3.80. The zero-order valence-corrected chi connectivity index (χ0v) is 12.1. The van der Waals surface area contributed by atoms with Gasteiger partial charge in [-0.25, -0.2) is 13.1 Å². The standard InChI is InChI=1S/C12H19NO3S2/c1-9-6-7-12(17-9)18(15,16)13-11-5-3-2-4-10(11)8-14/h6-7,10-11,13-14H,2-5,8H2,1H3. The fraction of sp³-hybridized carbons (Fsp3) is 0.667. The molecule has 0 saturated heterocycles. The lowest BCUT2D eigenvalue weighted by Crippen LogP contribution is -2.43. The molecule has 0 spiro atoms. The van der Waals surface area contributed by atoms with Crippen LogP contribution in [0.25, 0.3) is 0 Å². The molecule has 1 heterocycles. The normalized spacial score (nSPS) is 25.2. The molecular formula is C12H19NO3S2. The Hall–Kier alpha value is -0.430. The van der Waals surface area contributed by atoms with Crippen LogP contribution < -0.4 is 4.72 Å². The summed E-state index contributed by atoms with van der Waals surface area (Å²) in [6, 6.07) is 3.32. The molecule has 18 heavy (non-hydrogen) atoms. The summed E-state index contributed by atoms with van der Waals surface area (Å²) in [7, 11) is -3.42. The van der Waals surface area contributed by atoms with Crippen molar-refractivity contribution in [1.82, 2.24) is 4.72 Å². The molecule has 1 fully saturated rings. The molecule has 1 aromatic rings. The van der Waals surface area contributed by atoms with Crippen LogP contribution in [0.2, 0.25) is 0 Å². The Morgan fingerprint density at radius 1 is 1.39 bits per heavy atom. The maximum absolute atomic E-state index is 12.2. The second kappa shape index (κ2) is 5.69. The molecular weight excluding hydrogens is 270 g/mol. The number of hydrogen-bond acceptors (Lipinski definition) is 4. The Balaban J connectivity index is 2.12. The Bertz CT molecular complexity index is 495. The third-order valence-corrected chi connectivity index (χ3v) is 6.41. The monoisotopic (exact) mass is 289 g/mol. The van der Waals surface area contributed by atoms with Gasteiger partial charge in [-0.15, -0.1) is 11.3 Å². The molecule has 1 saturated carbocycles. The summed E-state index contributed by atoms with van der Waals surface area (Å²) in [5.41, 5.74) is 0. The van der Waals surface area contributed by atoms with Gasteiger partial charge in [0.25, 0.3) is 0 Å². The van der Waals surface area contributed by atoms with Crippen molar-refractivity contribution in [2.75, 3.05) is 6.61 Å². The van der Waals surface area contributed by atoms with E-state index < -0.39 is 10.0 Å². The van der Waals surface area contributed by atoms with Gasteiger partial charge in [0, 0.05) is 17.5 Å². The van der Waals surface area contributed by atoms with Crippen molar-refractivity contribution in [2.45, 2.75) is 42.9 Å². The van der Waals surface area contributed by atoms with Gasteiger partial charge in [0.05, 0.1) is 0 Å². The average molecular weight is 289 g/mol. The number of thiophene rings is 1. The minimum absolute atomic E-state index is 0.0505. The number of nitrogens with one attached hydrogen (secondary N) is 1. The molecule has 1 aliphatic rings. The van der Waals surface area contributed by atoms with E-state index in [1.54, 1.807) is 6.07 Å². The predicted molar refractivity (Wildman–Crippen MR) is 72.2 cm³/mol. The van der Waals surface area contributed by atoms with Crippen molar-refractivity contribution in [3.8, 4) is 0 Å². The number of rotatable bonds is 4. The topological polar surface area (TPSA) is 66.4 Å². The number of sulfonamides is 1. The summed E-state index contributed by atoms with van der Waals surface area (Å²) in [6.45, 7) is 1.94.